The molecule has 0 aliphatic carbocycles. The molecule has 3 rings (SSSR count). The van der Waals surface area contributed by atoms with Crippen molar-refractivity contribution in [3.05, 3.63) is 95.6 Å². The van der Waals surface area contributed by atoms with Crippen LogP contribution in [0.3, 0.4) is 0 Å². The molecule has 0 saturated heterocycles. The zero-order valence-electron chi connectivity index (χ0n) is 13.1. The minimum Gasteiger partial charge on any atom is -0.391 e. The summed E-state index contributed by atoms with van der Waals surface area (Å²) in [7, 11) is 0. The Bertz CT molecular complexity index is 862. The maximum absolute atomic E-state index is 8.86. The van der Waals surface area contributed by atoms with Crippen molar-refractivity contribution >= 4 is 6.21 Å². The lowest BCUT2D eigenvalue weighted by molar-refractivity contribution is 0.132. The fourth-order valence-electron chi connectivity index (χ4n) is 2.32. The molecule has 24 heavy (non-hydrogen) atoms. The SMILES string of the molecule is N#Cc1cccc(C=NOCc2ccc(-c3ccccc3)cc2)c1. The van der Waals surface area contributed by atoms with E-state index in [4.69, 9.17) is 10.1 Å². The van der Waals surface area contributed by atoms with Crippen molar-refractivity contribution in [2.45, 2.75) is 6.61 Å². The molecule has 0 aromatic heterocycles. The highest BCUT2D eigenvalue weighted by Crippen LogP contribution is 2.19. The van der Waals surface area contributed by atoms with Crippen molar-refractivity contribution in [2.75, 3.05) is 0 Å². The van der Waals surface area contributed by atoms with Gasteiger partial charge in [0.2, 0.25) is 0 Å². The predicted octanol–water partition coefficient (Wildman–Crippen LogP) is 4.78. The summed E-state index contributed by atoms with van der Waals surface area (Å²) >= 11 is 0. The van der Waals surface area contributed by atoms with Crippen LogP contribution in [0.5, 0.6) is 0 Å². The number of nitriles is 1. The third-order valence-electron chi connectivity index (χ3n) is 3.58. The Hall–Kier alpha value is -3.38. The second-order valence-electron chi connectivity index (χ2n) is 5.31. The standard InChI is InChI=1S/C21H16N2O/c22-14-18-5-4-6-19(13-18)15-23-24-16-17-9-11-21(12-10-17)20-7-2-1-3-8-20/h1-13,15H,16H2. The molecule has 0 N–H and O–H groups in total. The Balaban J connectivity index is 1.57. The Morgan fingerprint density at radius 1 is 0.875 bits per heavy atom. The van der Waals surface area contributed by atoms with Crippen LogP contribution in [0.2, 0.25) is 0 Å². The van der Waals surface area contributed by atoms with E-state index in [1.54, 1.807) is 18.3 Å². The van der Waals surface area contributed by atoms with Crippen LogP contribution in [-0.2, 0) is 11.4 Å². The maximum Gasteiger partial charge on any atom is 0.142 e. The molecule has 0 amide bonds. The van der Waals surface area contributed by atoms with Crippen molar-refractivity contribution in [3.8, 4) is 17.2 Å². The Morgan fingerprint density at radius 3 is 2.38 bits per heavy atom. The zero-order chi connectivity index (χ0) is 16.6. The molecule has 0 aliphatic heterocycles. The van der Waals surface area contributed by atoms with Gasteiger partial charge < -0.3 is 4.84 Å². The minimum absolute atomic E-state index is 0.406. The van der Waals surface area contributed by atoms with Crippen molar-refractivity contribution < 1.29 is 4.84 Å². The van der Waals surface area contributed by atoms with Crippen LogP contribution in [0.1, 0.15) is 16.7 Å². The summed E-state index contributed by atoms with van der Waals surface area (Å²) in [6.45, 7) is 0.406. The average molecular weight is 312 g/mol. The van der Waals surface area contributed by atoms with E-state index in [0.717, 1.165) is 11.1 Å². The molecule has 0 radical (unpaired) electrons. The molecule has 0 unspecified atom stereocenters. The number of benzene rings is 3. The van der Waals surface area contributed by atoms with E-state index in [1.165, 1.54) is 11.1 Å². The van der Waals surface area contributed by atoms with Crippen molar-refractivity contribution in [1.82, 2.24) is 0 Å². The van der Waals surface area contributed by atoms with E-state index < -0.39 is 0 Å². The summed E-state index contributed by atoms with van der Waals surface area (Å²) in [5, 5.41) is 12.8. The molecular weight excluding hydrogens is 296 g/mol. The van der Waals surface area contributed by atoms with Gasteiger partial charge in [0, 0.05) is 0 Å². The number of oxime groups is 1. The molecule has 3 nitrogen and oxygen atoms in total. The van der Waals surface area contributed by atoms with E-state index in [2.05, 4.69) is 35.5 Å². The summed E-state index contributed by atoms with van der Waals surface area (Å²) in [6.07, 6.45) is 1.61. The highest BCUT2D eigenvalue weighted by atomic mass is 16.6. The fourth-order valence-corrected chi connectivity index (χ4v) is 2.32. The maximum atomic E-state index is 8.86. The van der Waals surface area contributed by atoms with Crippen molar-refractivity contribution in [2.24, 2.45) is 5.16 Å². The van der Waals surface area contributed by atoms with Gasteiger partial charge in [-0.15, -0.1) is 0 Å². The smallest absolute Gasteiger partial charge is 0.142 e. The van der Waals surface area contributed by atoms with Crippen LogP contribution in [0.4, 0.5) is 0 Å². The van der Waals surface area contributed by atoms with Crippen LogP contribution in [0.25, 0.3) is 11.1 Å². The first-order valence-corrected chi connectivity index (χ1v) is 7.65. The van der Waals surface area contributed by atoms with Crippen LogP contribution in [0.15, 0.2) is 84.0 Å². The van der Waals surface area contributed by atoms with Gasteiger partial charge in [-0.2, -0.15) is 5.26 Å². The van der Waals surface area contributed by atoms with Gasteiger partial charge >= 0.3 is 0 Å². The fraction of sp³-hybridized carbons (Fsp3) is 0.0476. The van der Waals surface area contributed by atoms with E-state index >= 15 is 0 Å². The zero-order valence-corrected chi connectivity index (χ0v) is 13.1. The van der Waals surface area contributed by atoms with E-state index in [-0.39, 0.29) is 0 Å². The van der Waals surface area contributed by atoms with Crippen LogP contribution < -0.4 is 0 Å². The number of rotatable bonds is 5. The van der Waals surface area contributed by atoms with Gasteiger partial charge in [0.25, 0.3) is 0 Å². The summed E-state index contributed by atoms with van der Waals surface area (Å²) < 4.78 is 0. The largest absolute Gasteiger partial charge is 0.391 e. The number of nitrogens with zero attached hydrogens (tertiary/aromatic N) is 2. The van der Waals surface area contributed by atoms with Gasteiger partial charge in [-0.05, 0) is 34.4 Å². The molecule has 0 fully saturated rings. The number of hydrogen-bond acceptors (Lipinski definition) is 3. The first kappa shape index (κ1) is 15.5. The molecule has 3 aromatic carbocycles. The Morgan fingerprint density at radius 2 is 1.62 bits per heavy atom. The molecule has 116 valence electrons. The van der Waals surface area contributed by atoms with Crippen LogP contribution in [0, 0.1) is 11.3 Å². The van der Waals surface area contributed by atoms with Gasteiger partial charge in [0.15, 0.2) is 0 Å². The highest BCUT2D eigenvalue weighted by molar-refractivity contribution is 5.79. The van der Waals surface area contributed by atoms with Gasteiger partial charge in [-0.25, -0.2) is 0 Å². The summed E-state index contributed by atoms with van der Waals surface area (Å²) in [5.41, 5.74) is 4.87. The van der Waals surface area contributed by atoms with E-state index in [1.807, 2.05) is 42.5 Å². The molecule has 0 spiro atoms. The first-order valence-electron chi connectivity index (χ1n) is 7.65. The molecule has 0 bridgehead atoms. The number of hydrogen-bond donors (Lipinski definition) is 0. The second kappa shape index (κ2) is 7.75. The predicted molar refractivity (Wildman–Crippen MR) is 95.4 cm³/mol. The summed E-state index contributed by atoms with van der Waals surface area (Å²) in [6, 6.07) is 27.8. The molecule has 0 saturated carbocycles. The third-order valence-corrected chi connectivity index (χ3v) is 3.58. The van der Waals surface area contributed by atoms with Crippen molar-refractivity contribution in [1.29, 1.82) is 5.26 Å². The second-order valence-corrected chi connectivity index (χ2v) is 5.31. The Kier molecular flexibility index (Phi) is 5.01. The lowest BCUT2D eigenvalue weighted by Gasteiger charge is -2.04. The normalized spacial score (nSPS) is 10.5. The lowest BCUT2D eigenvalue weighted by Crippen LogP contribution is -1.89. The summed E-state index contributed by atoms with van der Waals surface area (Å²) in [4.78, 5) is 5.33. The molecular formula is C21H16N2O. The van der Waals surface area contributed by atoms with Crippen LogP contribution in [-0.4, -0.2) is 6.21 Å². The molecule has 3 heteroatoms. The van der Waals surface area contributed by atoms with Gasteiger partial charge in [0.05, 0.1) is 17.8 Å². The monoisotopic (exact) mass is 312 g/mol. The lowest BCUT2D eigenvalue weighted by atomic mass is 10.0. The van der Waals surface area contributed by atoms with Gasteiger partial charge in [0.1, 0.15) is 6.61 Å². The topological polar surface area (TPSA) is 45.4 Å². The molecule has 3 aromatic rings. The third kappa shape index (κ3) is 4.08. The van der Waals surface area contributed by atoms with Gasteiger partial charge in [-0.1, -0.05) is 71.9 Å². The average Bonchev–Trinajstić information content (AvgIpc) is 2.67. The summed E-state index contributed by atoms with van der Waals surface area (Å²) in [5.74, 6) is 0. The first-order chi connectivity index (χ1) is 11.8. The van der Waals surface area contributed by atoms with E-state index in [9.17, 15) is 0 Å². The quantitative estimate of drug-likeness (QED) is 0.503. The van der Waals surface area contributed by atoms with Gasteiger partial charge in [-0.3, -0.25) is 0 Å². The Labute approximate surface area is 141 Å². The molecule has 0 atom stereocenters. The minimum atomic E-state index is 0.406. The molecule has 0 heterocycles. The molecule has 0 aliphatic rings. The van der Waals surface area contributed by atoms with Crippen LogP contribution >= 0.6 is 0 Å². The highest BCUT2D eigenvalue weighted by Gasteiger charge is 1.98. The van der Waals surface area contributed by atoms with Crippen molar-refractivity contribution in [3.63, 3.8) is 0 Å². The van der Waals surface area contributed by atoms with E-state index in [0.29, 0.717) is 12.2 Å².